The zero-order chi connectivity index (χ0) is 10.0. The third-order valence-corrected chi connectivity index (χ3v) is 1.73. The molecule has 0 bridgehead atoms. The highest BCUT2D eigenvalue weighted by Crippen LogP contribution is 2.20. The quantitative estimate of drug-likeness (QED) is 0.788. The van der Waals surface area contributed by atoms with Gasteiger partial charge in [0.1, 0.15) is 6.10 Å². The maximum Gasteiger partial charge on any atom is 0.268 e. The first-order chi connectivity index (χ1) is 6.02. The molecular formula is C8H12F2N2O. The summed E-state index contributed by atoms with van der Waals surface area (Å²) in [4.78, 5) is 0. The van der Waals surface area contributed by atoms with E-state index in [2.05, 4.69) is 5.10 Å². The van der Waals surface area contributed by atoms with Crippen LogP contribution in [-0.4, -0.2) is 21.3 Å². The molecule has 3 nitrogen and oxygen atoms in total. The summed E-state index contributed by atoms with van der Waals surface area (Å²) >= 11 is 0. The molecule has 1 heterocycles. The molecule has 0 aliphatic rings. The van der Waals surface area contributed by atoms with Crippen LogP contribution in [0.15, 0.2) is 12.4 Å². The summed E-state index contributed by atoms with van der Waals surface area (Å²) in [6.45, 7) is 3.76. The minimum Gasteiger partial charge on any atom is -0.382 e. The van der Waals surface area contributed by atoms with Crippen LogP contribution in [0.2, 0.25) is 0 Å². The lowest BCUT2D eigenvalue weighted by Crippen LogP contribution is -2.07. The molecule has 0 saturated heterocycles. The first-order valence-corrected chi connectivity index (χ1v) is 4.02. The Hall–Kier alpha value is -0.970. The molecule has 0 aliphatic heterocycles. The van der Waals surface area contributed by atoms with Gasteiger partial charge in [-0.15, -0.1) is 0 Å². The van der Waals surface area contributed by atoms with E-state index in [9.17, 15) is 8.78 Å². The summed E-state index contributed by atoms with van der Waals surface area (Å²) in [6.07, 6.45) is -1.80. The van der Waals surface area contributed by atoms with Crippen LogP contribution in [-0.2, 0) is 0 Å². The first kappa shape index (κ1) is 10.1. The SMILES string of the molecule is CC(C)n1cc(C(O)C(F)F)cn1. The Morgan fingerprint density at radius 1 is 1.46 bits per heavy atom. The Labute approximate surface area is 75.0 Å². The van der Waals surface area contributed by atoms with Crippen LogP contribution < -0.4 is 0 Å². The fourth-order valence-corrected chi connectivity index (χ4v) is 0.933. The van der Waals surface area contributed by atoms with E-state index in [1.807, 2.05) is 13.8 Å². The number of halogens is 2. The van der Waals surface area contributed by atoms with Gasteiger partial charge in [-0.1, -0.05) is 0 Å². The number of hydrogen-bond acceptors (Lipinski definition) is 2. The zero-order valence-corrected chi connectivity index (χ0v) is 7.48. The maximum absolute atomic E-state index is 12.0. The lowest BCUT2D eigenvalue weighted by atomic mass is 10.2. The average Bonchev–Trinajstić information content (AvgIpc) is 2.50. The summed E-state index contributed by atoms with van der Waals surface area (Å²) in [5, 5.41) is 12.8. The van der Waals surface area contributed by atoms with Crippen LogP contribution in [0.5, 0.6) is 0 Å². The van der Waals surface area contributed by atoms with Crippen LogP contribution in [0.1, 0.15) is 31.6 Å². The molecule has 13 heavy (non-hydrogen) atoms. The highest BCUT2D eigenvalue weighted by atomic mass is 19.3. The molecule has 0 fully saturated rings. The van der Waals surface area contributed by atoms with E-state index in [0.29, 0.717) is 0 Å². The molecule has 1 rings (SSSR count). The highest BCUT2D eigenvalue weighted by molar-refractivity contribution is 5.08. The monoisotopic (exact) mass is 190 g/mol. The second kappa shape index (κ2) is 3.83. The van der Waals surface area contributed by atoms with Crippen LogP contribution in [0.4, 0.5) is 8.78 Å². The second-order valence-electron chi connectivity index (χ2n) is 3.13. The standard InChI is InChI=1S/C8H12F2N2O/c1-5(2)12-4-6(3-11-12)7(13)8(9)10/h3-5,7-8,13H,1-2H3. The molecule has 0 amide bonds. The van der Waals surface area contributed by atoms with E-state index in [1.54, 1.807) is 0 Å². The summed E-state index contributed by atoms with van der Waals surface area (Å²) in [5.41, 5.74) is 0.156. The second-order valence-corrected chi connectivity index (χ2v) is 3.13. The number of nitrogens with zero attached hydrogens (tertiary/aromatic N) is 2. The van der Waals surface area contributed by atoms with Crippen LogP contribution in [0, 0.1) is 0 Å². The van der Waals surface area contributed by atoms with E-state index in [4.69, 9.17) is 5.11 Å². The van der Waals surface area contributed by atoms with Crippen molar-refractivity contribution < 1.29 is 13.9 Å². The van der Waals surface area contributed by atoms with Gasteiger partial charge in [-0.2, -0.15) is 5.10 Å². The van der Waals surface area contributed by atoms with Crippen LogP contribution in [0.3, 0.4) is 0 Å². The van der Waals surface area contributed by atoms with Crippen molar-refractivity contribution in [3.63, 3.8) is 0 Å². The van der Waals surface area contributed by atoms with Crippen molar-refractivity contribution in [1.29, 1.82) is 0 Å². The number of aliphatic hydroxyl groups excluding tert-OH is 1. The van der Waals surface area contributed by atoms with E-state index in [0.717, 1.165) is 0 Å². The van der Waals surface area contributed by atoms with Crippen molar-refractivity contribution in [1.82, 2.24) is 9.78 Å². The Morgan fingerprint density at radius 3 is 2.46 bits per heavy atom. The van der Waals surface area contributed by atoms with Gasteiger partial charge in [-0.3, -0.25) is 4.68 Å². The smallest absolute Gasteiger partial charge is 0.268 e. The predicted octanol–water partition coefficient (Wildman–Crippen LogP) is 1.76. The molecule has 0 aliphatic carbocycles. The largest absolute Gasteiger partial charge is 0.382 e. The Balaban J connectivity index is 2.79. The molecule has 5 heteroatoms. The maximum atomic E-state index is 12.0. The predicted molar refractivity (Wildman–Crippen MR) is 43.6 cm³/mol. The van der Waals surface area contributed by atoms with Crippen molar-refractivity contribution >= 4 is 0 Å². The summed E-state index contributed by atoms with van der Waals surface area (Å²) < 4.78 is 25.6. The highest BCUT2D eigenvalue weighted by Gasteiger charge is 2.20. The zero-order valence-electron chi connectivity index (χ0n) is 7.48. The van der Waals surface area contributed by atoms with Crippen molar-refractivity contribution in [2.75, 3.05) is 0 Å². The van der Waals surface area contributed by atoms with Gasteiger partial charge in [0, 0.05) is 17.8 Å². The van der Waals surface area contributed by atoms with Crippen LogP contribution >= 0.6 is 0 Å². The number of alkyl halides is 2. The molecule has 1 aromatic heterocycles. The van der Waals surface area contributed by atoms with Crippen molar-refractivity contribution in [3.05, 3.63) is 18.0 Å². The molecule has 0 aromatic carbocycles. The van der Waals surface area contributed by atoms with E-state index in [-0.39, 0.29) is 11.6 Å². The molecule has 1 unspecified atom stereocenters. The molecule has 0 spiro atoms. The summed E-state index contributed by atoms with van der Waals surface area (Å²) in [5.74, 6) is 0. The Morgan fingerprint density at radius 2 is 2.08 bits per heavy atom. The topological polar surface area (TPSA) is 38.0 Å². The number of aliphatic hydroxyl groups is 1. The lowest BCUT2D eigenvalue weighted by Gasteiger charge is -2.06. The molecule has 0 radical (unpaired) electrons. The van der Waals surface area contributed by atoms with Gasteiger partial charge >= 0.3 is 0 Å². The fraction of sp³-hybridized carbons (Fsp3) is 0.625. The van der Waals surface area contributed by atoms with E-state index < -0.39 is 12.5 Å². The van der Waals surface area contributed by atoms with Gasteiger partial charge in [-0.25, -0.2) is 8.78 Å². The summed E-state index contributed by atoms with van der Waals surface area (Å²) in [6, 6.07) is 0.110. The number of rotatable bonds is 3. The van der Waals surface area contributed by atoms with Crippen molar-refractivity contribution in [2.24, 2.45) is 0 Å². The fourth-order valence-electron chi connectivity index (χ4n) is 0.933. The molecule has 1 atom stereocenters. The Kier molecular flexibility index (Phi) is 2.98. The van der Waals surface area contributed by atoms with Gasteiger partial charge in [0.25, 0.3) is 6.43 Å². The minimum atomic E-state index is -2.76. The average molecular weight is 190 g/mol. The van der Waals surface area contributed by atoms with Gasteiger partial charge < -0.3 is 5.11 Å². The Bertz CT molecular complexity index is 273. The molecule has 1 aromatic rings. The van der Waals surface area contributed by atoms with Gasteiger partial charge in [-0.05, 0) is 13.8 Å². The van der Waals surface area contributed by atoms with Gasteiger partial charge in [0.2, 0.25) is 0 Å². The van der Waals surface area contributed by atoms with Crippen molar-refractivity contribution in [3.8, 4) is 0 Å². The third-order valence-electron chi connectivity index (χ3n) is 1.73. The third kappa shape index (κ3) is 2.24. The normalized spacial score (nSPS) is 14.1. The molecule has 74 valence electrons. The minimum absolute atomic E-state index is 0.110. The number of hydrogen-bond donors (Lipinski definition) is 1. The first-order valence-electron chi connectivity index (χ1n) is 4.02. The molecule has 1 N–H and O–H groups in total. The van der Waals surface area contributed by atoms with Gasteiger partial charge in [0.15, 0.2) is 0 Å². The number of aromatic nitrogens is 2. The van der Waals surface area contributed by atoms with E-state index in [1.165, 1.54) is 17.1 Å². The van der Waals surface area contributed by atoms with Gasteiger partial charge in [0.05, 0.1) is 6.20 Å². The molecular weight excluding hydrogens is 178 g/mol. The molecule has 0 saturated carbocycles. The van der Waals surface area contributed by atoms with Crippen molar-refractivity contribution in [2.45, 2.75) is 32.4 Å². The van der Waals surface area contributed by atoms with E-state index >= 15 is 0 Å². The van der Waals surface area contributed by atoms with Crippen LogP contribution in [0.25, 0.3) is 0 Å². The lowest BCUT2D eigenvalue weighted by molar-refractivity contribution is -0.00584. The summed E-state index contributed by atoms with van der Waals surface area (Å²) in [7, 11) is 0.